The molecule has 12 heavy (non-hydrogen) atoms. The number of ether oxygens (including phenoxy) is 1. The lowest BCUT2D eigenvalue weighted by atomic mass is 10.1. The molecule has 1 fully saturated rings. The van der Waals surface area contributed by atoms with Gasteiger partial charge in [-0.15, -0.1) is 0 Å². The second-order valence-corrected chi connectivity index (χ2v) is 3.14. The predicted molar refractivity (Wildman–Crippen MR) is 47.8 cm³/mol. The lowest BCUT2D eigenvalue weighted by molar-refractivity contribution is -0.150. The minimum Gasteiger partial charge on any atom is -0.458 e. The molecule has 0 saturated carbocycles. The van der Waals surface area contributed by atoms with Crippen molar-refractivity contribution in [2.24, 2.45) is 0 Å². The van der Waals surface area contributed by atoms with Crippen molar-refractivity contribution in [3.63, 3.8) is 0 Å². The molecule has 0 aromatic carbocycles. The summed E-state index contributed by atoms with van der Waals surface area (Å²) in [4.78, 5) is 10.9. The first-order valence-corrected chi connectivity index (χ1v) is 4.69. The zero-order chi connectivity index (χ0) is 8.81. The van der Waals surface area contributed by atoms with E-state index in [1.165, 1.54) is 0 Å². The average Bonchev–Trinajstić information content (AvgIpc) is 2.05. The van der Waals surface area contributed by atoms with E-state index in [2.05, 4.69) is 13.0 Å². The number of cyclic esters (lactones) is 1. The molecular formula is C10H16O2. The summed E-state index contributed by atoms with van der Waals surface area (Å²) in [5.41, 5.74) is 0. The van der Waals surface area contributed by atoms with Gasteiger partial charge in [0.1, 0.15) is 6.10 Å². The number of unbranched alkanes of at least 4 members (excludes halogenated alkanes) is 1. The molecule has 1 heterocycles. The third-order valence-corrected chi connectivity index (χ3v) is 1.96. The lowest BCUT2D eigenvalue weighted by Crippen LogP contribution is -2.21. The van der Waals surface area contributed by atoms with E-state index in [1.807, 2.05) is 6.08 Å². The smallest absolute Gasteiger partial charge is 0.306 e. The second-order valence-electron chi connectivity index (χ2n) is 3.14. The van der Waals surface area contributed by atoms with Crippen LogP contribution in [0.2, 0.25) is 0 Å². The van der Waals surface area contributed by atoms with E-state index < -0.39 is 0 Å². The van der Waals surface area contributed by atoms with Gasteiger partial charge in [-0.25, -0.2) is 0 Å². The van der Waals surface area contributed by atoms with Crippen molar-refractivity contribution in [1.29, 1.82) is 0 Å². The number of hydrogen-bond acceptors (Lipinski definition) is 2. The monoisotopic (exact) mass is 168 g/mol. The summed E-state index contributed by atoms with van der Waals surface area (Å²) in [6.07, 6.45) is 8.96. The molecule has 0 aromatic heterocycles. The minimum atomic E-state index is -0.0487. The van der Waals surface area contributed by atoms with E-state index in [9.17, 15) is 4.79 Å². The molecule has 1 aliphatic rings. The molecule has 0 aliphatic carbocycles. The Morgan fingerprint density at radius 2 is 2.50 bits per heavy atom. The summed E-state index contributed by atoms with van der Waals surface area (Å²) in [6.45, 7) is 2.14. The Hall–Kier alpha value is -0.790. The van der Waals surface area contributed by atoms with Crippen LogP contribution in [-0.2, 0) is 9.53 Å². The SMILES string of the molecule is CCC/C=C\C1CCCC(=O)O1. The van der Waals surface area contributed by atoms with Crippen LogP contribution >= 0.6 is 0 Å². The van der Waals surface area contributed by atoms with Crippen molar-refractivity contribution in [2.45, 2.75) is 45.1 Å². The highest BCUT2D eigenvalue weighted by molar-refractivity contribution is 5.70. The van der Waals surface area contributed by atoms with Crippen molar-refractivity contribution in [3.8, 4) is 0 Å². The topological polar surface area (TPSA) is 26.3 Å². The van der Waals surface area contributed by atoms with Crippen molar-refractivity contribution < 1.29 is 9.53 Å². The molecule has 1 saturated heterocycles. The summed E-state index contributed by atoms with van der Waals surface area (Å²) in [5, 5.41) is 0. The Labute approximate surface area is 73.6 Å². The first kappa shape index (κ1) is 9.30. The summed E-state index contributed by atoms with van der Waals surface area (Å²) in [6, 6.07) is 0. The van der Waals surface area contributed by atoms with E-state index in [-0.39, 0.29) is 12.1 Å². The Kier molecular flexibility index (Phi) is 3.85. The van der Waals surface area contributed by atoms with Crippen LogP contribution in [0.1, 0.15) is 39.0 Å². The van der Waals surface area contributed by atoms with Crippen LogP contribution in [0.4, 0.5) is 0 Å². The molecule has 68 valence electrons. The fraction of sp³-hybridized carbons (Fsp3) is 0.700. The summed E-state index contributed by atoms with van der Waals surface area (Å²) in [5.74, 6) is -0.0487. The Morgan fingerprint density at radius 1 is 1.67 bits per heavy atom. The van der Waals surface area contributed by atoms with Crippen LogP contribution in [-0.4, -0.2) is 12.1 Å². The van der Waals surface area contributed by atoms with Crippen LogP contribution in [0, 0.1) is 0 Å². The number of hydrogen-bond donors (Lipinski definition) is 0. The average molecular weight is 168 g/mol. The van der Waals surface area contributed by atoms with Crippen LogP contribution < -0.4 is 0 Å². The standard InChI is InChI=1S/C10H16O2/c1-2-3-4-6-9-7-5-8-10(11)12-9/h4,6,9H,2-3,5,7-8H2,1H3/b6-4-. The van der Waals surface area contributed by atoms with Crippen LogP contribution in [0.3, 0.4) is 0 Å². The van der Waals surface area contributed by atoms with Gasteiger partial charge in [-0.05, 0) is 25.3 Å². The first-order valence-electron chi connectivity index (χ1n) is 4.69. The van der Waals surface area contributed by atoms with E-state index >= 15 is 0 Å². The fourth-order valence-electron chi connectivity index (χ4n) is 1.28. The molecule has 0 aromatic rings. The van der Waals surface area contributed by atoms with Gasteiger partial charge in [0, 0.05) is 6.42 Å². The normalized spacial score (nSPS) is 24.4. The van der Waals surface area contributed by atoms with Crippen molar-refractivity contribution in [3.05, 3.63) is 12.2 Å². The molecule has 1 rings (SSSR count). The van der Waals surface area contributed by atoms with E-state index in [0.717, 1.165) is 25.7 Å². The number of carbonyl (C=O) groups is 1. The highest BCUT2D eigenvalue weighted by Gasteiger charge is 2.16. The van der Waals surface area contributed by atoms with E-state index in [0.29, 0.717) is 6.42 Å². The second kappa shape index (κ2) is 4.96. The zero-order valence-corrected chi connectivity index (χ0v) is 7.58. The maximum atomic E-state index is 10.9. The van der Waals surface area contributed by atoms with Gasteiger partial charge in [0.2, 0.25) is 0 Å². The first-order chi connectivity index (χ1) is 5.83. The Balaban J connectivity index is 2.26. The minimum absolute atomic E-state index is 0.0487. The van der Waals surface area contributed by atoms with Gasteiger partial charge in [0.05, 0.1) is 0 Å². The third-order valence-electron chi connectivity index (χ3n) is 1.96. The highest BCUT2D eigenvalue weighted by Crippen LogP contribution is 2.15. The molecule has 2 heteroatoms. The van der Waals surface area contributed by atoms with Crippen LogP contribution in [0.15, 0.2) is 12.2 Å². The zero-order valence-electron chi connectivity index (χ0n) is 7.58. The molecule has 2 nitrogen and oxygen atoms in total. The molecule has 0 amide bonds. The molecule has 0 radical (unpaired) electrons. The van der Waals surface area contributed by atoms with Gasteiger partial charge in [-0.1, -0.05) is 19.4 Å². The Morgan fingerprint density at radius 3 is 3.17 bits per heavy atom. The summed E-state index contributed by atoms with van der Waals surface area (Å²) < 4.78 is 5.11. The largest absolute Gasteiger partial charge is 0.458 e. The van der Waals surface area contributed by atoms with Crippen molar-refractivity contribution in [1.82, 2.24) is 0 Å². The molecule has 0 spiro atoms. The summed E-state index contributed by atoms with van der Waals surface area (Å²) in [7, 11) is 0. The fourth-order valence-corrected chi connectivity index (χ4v) is 1.28. The molecule has 0 N–H and O–H groups in total. The van der Waals surface area contributed by atoms with Gasteiger partial charge >= 0.3 is 5.97 Å². The van der Waals surface area contributed by atoms with Crippen molar-refractivity contribution >= 4 is 5.97 Å². The van der Waals surface area contributed by atoms with Crippen molar-refractivity contribution in [2.75, 3.05) is 0 Å². The van der Waals surface area contributed by atoms with Gasteiger partial charge < -0.3 is 4.74 Å². The van der Waals surface area contributed by atoms with Gasteiger partial charge in [0.15, 0.2) is 0 Å². The molecule has 1 atom stereocenters. The maximum Gasteiger partial charge on any atom is 0.306 e. The molecule has 0 bridgehead atoms. The predicted octanol–water partition coefficient (Wildman–Crippen LogP) is 2.44. The van der Waals surface area contributed by atoms with Gasteiger partial charge in [-0.3, -0.25) is 4.79 Å². The third kappa shape index (κ3) is 3.07. The molecule has 1 unspecified atom stereocenters. The van der Waals surface area contributed by atoms with Gasteiger partial charge in [-0.2, -0.15) is 0 Å². The number of esters is 1. The number of carbonyl (C=O) groups excluding carboxylic acids is 1. The van der Waals surface area contributed by atoms with Crippen LogP contribution in [0.25, 0.3) is 0 Å². The van der Waals surface area contributed by atoms with Gasteiger partial charge in [0.25, 0.3) is 0 Å². The lowest BCUT2D eigenvalue weighted by Gasteiger charge is -2.18. The molecule has 1 aliphatic heterocycles. The van der Waals surface area contributed by atoms with E-state index in [4.69, 9.17) is 4.74 Å². The Bertz CT molecular complexity index is 173. The number of rotatable bonds is 3. The highest BCUT2D eigenvalue weighted by atomic mass is 16.5. The maximum absolute atomic E-state index is 10.9. The molecular weight excluding hydrogens is 152 g/mol. The number of allylic oxidation sites excluding steroid dienone is 1. The van der Waals surface area contributed by atoms with Crippen LogP contribution in [0.5, 0.6) is 0 Å². The van der Waals surface area contributed by atoms with E-state index in [1.54, 1.807) is 0 Å². The quantitative estimate of drug-likeness (QED) is 0.478. The summed E-state index contributed by atoms with van der Waals surface area (Å²) >= 11 is 0.